The summed E-state index contributed by atoms with van der Waals surface area (Å²) in [6.07, 6.45) is 0.666. The molecule has 1 amide bonds. The molecule has 0 saturated carbocycles. The van der Waals surface area contributed by atoms with Gasteiger partial charge in [0.05, 0.1) is 23.3 Å². The van der Waals surface area contributed by atoms with Crippen LogP contribution in [0.1, 0.15) is 66.5 Å². The number of carbonyl (C=O) groups is 3. The maximum atomic E-state index is 11.4. The van der Waals surface area contributed by atoms with Crippen LogP contribution < -0.4 is 11.1 Å². The van der Waals surface area contributed by atoms with Crippen LogP contribution in [0.25, 0.3) is 0 Å². The minimum Gasteiger partial charge on any atom is -0.478 e. The van der Waals surface area contributed by atoms with E-state index < -0.39 is 17.0 Å². The first-order valence-electron chi connectivity index (χ1n) is 9.54. The summed E-state index contributed by atoms with van der Waals surface area (Å²) in [7, 11) is 0. The van der Waals surface area contributed by atoms with E-state index in [0.717, 1.165) is 11.1 Å². The van der Waals surface area contributed by atoms with Gasteiger partial charge in [0.25, 0.3) is 0 Å². The molecule has 0 spiro atoms. The van der Waals surface area contributed by atoms with Crippen LogP contribution >= 0.6 is 12.4 Å². The van der Waals surface area contributed by atoms with Crippen LogP contribution in [0, 0.1) is 0 Å². The second-order valence-electron chi connectivity index (χ2n) is 7.79. The van der Waals surface area contributed by atoms with Gasteiger partial charge in [-0.25, -0.2) is 9.59 Å². The number of carboxylic acids is 1. The predicted molar refractivity (Wildman–Crippen MR) is 122 cm³/mol. The van der Waals surface area contributed by atoms with Gasteiger partial charge in [0.2, 0.25) is 6.41 Å². The molecule has 0 radical (unpaired) electrons. The lowest BCUT2D eigenvalue weighted by Crippen LogP contribution is -2.35. The summed E-state index contributed by atoms with van der Waals surface area (Å²) in [4.78, 5) is 32.4. The van der Waals surface area contributed by atoms with Crippen molar-refractivity contribution in [2.45, 2.75) is 45.7 Å². The van der Waals surface area contributed by atoms with Gasteiger partial charge >= 0.3 is 11.9 Å². The van der Waals surface area contributed by atoms with E-state index in [1.807, 2.05) is 39.8 Å². The zero-order valence-corrected chi connectivity index (χ0v) is 19.3. The fraction of sp³-hybridized carbons (Fsp3) is 0.348. The molecule has 8 heteroatoms. The Bertz CT molecular complexity index is 857. The van der Waals surface area contributed by atoms with Crippen molar-refractivity contribution in [3.63, 3.8) is 0 Å². The van der Waals surface area contributed by atoms with Gasteiger partial charge in [-0.2, -0.15) is 0 Å². The van der Waals surface area contributed by atoms with Crippen LogP contribution in [-0.2, 0) is 20.6 Å². The van der Waals surface area contributed by atoms with Gasteiger partial charge in [0.1, 0.15) is 0 Å². The molecule has 4 N–H and O–H groups in total. The van der Waals surface area contributed by atoms with E-state index in [2.05, 4.69) is 5.32 Å². The number of aromatic carboxylic acids is 1. The quantitative estimate of drug-likeness (QED) is 0.435. The van der Waals surface area contributed by atoms with Crippen molar-refractivity contribution in [3.05, 3.63) is 70.8 Å². The van der Waals surface area contributed by atoms with Crippen LogP contribution in [-0.4, -0.2) is 30.1 Å². The van der Waals surface area contributed by atoms with Crippen molar-refractivity contribution in [1.29, 1.82) is 0 Å². The second-order valence-corrected chi connectivity index (χ2v) is 7.79. The number of esters is 1. The molecule has 0 atom stereocenters. The Morgan fingerprint density at radius 3 is 1.81 bits per heavy atom. The number of amides is 1. The third-order valence-corrected chi connectivity index (χ3v) is 4.41. The van der Waals surface area contributed by atoms with E-state index in [9.17, 15) is 14.4 Å². The highest BCUT2D eigenvalue weighted by molar-refractivity contribution is 5.89. The summed E-state index contributed by atoms with van der Waals surface area (Å²) < 4.78 is 4.89. The van der Waals surface area contributed by atoms with Gasteiger partial charge in [-0.05, 0) is 70.0 Å². The molecule has 7 nitrogen and oxygen atoms in total. The van der Waals surface area contributed by atoms with E-state index >= 15 is 0 Å². The Morgan fingerprint density at radius 1 is 0.968 bits per heavy atom. The van der Waals surface area contributed by atoms with E-state index in [-0.39, 0.29) is 23.9 Å². The van der Waals surface area contributed by atoms with Crippen molar-refractivity contribution >= 4 is 30.8 Å². The lowest BCUT2D eigenvalue weighted by molar-refractivity contribution is -0.111. The minimum atomic E-state index is -0.915. The smallest absolute Gasteiger partial charge is 0.338 e. The highest BCUT2D eigenvalue weighted by atomic mass is 35.5. The van der Waals surface area contributed by atoms with Gasteiger partial charge in [0, 0.05) is 5.54 Å². The summed E-state index contributed by atoms with van der Waals surface area (Å²) >= 11 is 0. The predicted octanol–water partition coefficient (Wildman–Crippen LogP) is 3.84. The van der Waals surface area contributed by atoms with Crippen molar-refractivity contribution < 1.29 is 24.2 Å². The third-order valence-electron chi connectivity index (χ3n) is 4.41. The highest BCUT2D eigenvalue weighted by Crippen LogP contribution is 2.20. The highest BCUT2D eigenvalue weighted by Gasteiger charge is 2.19. The monoisotopic (exact) mass is 450 g/mol. The van der Waals surface area contributed by atoms with Gasteiger partial charge in [-0.3, -0.25) is 4.79 Å². The number of nitrogens with two attached hydrogens (primary N) is 1. The number of ether oxygens (including phenoxy) is 1. The van der Waals surface area contributed by atoms with E-state index in [1.165, 1.54) is 0 Å². The fourth-order valence-electron chi connectivity index (χ4n) is 2.51. The minimum absolute atomic E-state index is 0. The van der Waals surface area contributed by atoms with Gasteiger partial charge in [-0.1, -0.05) is 24.3 Å². The first-order chi connectivity index (χ1) is 13.9. The zero-order chi connectivity index (χ0) is 22.9. The summed E-state index contributed by atoms with van der Waals surface area (Å²) in [5.74, 6) is -1.25. The third kappa shape index (κ3) is 8.78. The van der Waals surface area contributed by atoms with Crippen molar-refractivity contribution in [2.75, 3.05) is 6.61 Å². The second kappa shape index (κ2) is 12.1. The van der Waals surface area contributed by atoms with Crippen LogP contribution in [0.5, 0.6) is 0 Å². The fourth-order valence-corrected chi connectivity index (χ4v) is 2.51. The van der Waals surface area contributed by atoms with Crippen LogP contribution in [0.15, 0.2) is 48.5 Å². The normalized spacial score (nSPS) is 10.6. The summed E-state index contributed by atoms with van der Waals surface area (Å²) in [6.45, 7) is 9.66. The molecule has 0 aliphatic heterocycles. The Balaban J connectivity index is 0.000000581. The molecule has 0 bridgehead atoms. The number of hydrogen-bond donors (Lipinski definition) is 3. The number of hydrogen-bond acceptors (Lipinski definition) is 5. The Kier molecular flexibility index (Phi) is 10.9. The van der Waals surface area contributed by atoms with Gasteiger partial charge in [0.15, 0.2) is 0 Å². The molecule has 0 fully saturated rings. The molecular formula is C23H31ClN2O5. The number of carboxylic acid groups (broad SMARTS) is 1. The first-order valence-corrected chi connectivity index (χ1v) is 9.54. The molecule has 0 aliphatic rings. The summed E-state index contributed by atoms with van der Waals surface area (Å²) in [5, 5.41) is 11.4. The Morgan fingerprint density at radius 2 is 1.42 bits per heavy atom. The van der Waals surface area contributed by atoms with Crippen LogP contribution in [0.3, 0.4) is 0 Å². The molecule has 2 aromatic carbocycles. The molecule has 0 aliphatic carbocycles. The zero-order valence-electron chi connectivity index (χ0n) is 18.5. The average molecular weight is 451 g/mol. The molecular weight excluding hydrogens is 420 g/mol. The molecule has 31 heavy (non-hydrogen) atoms. The maximum Gasteiger partial charge on any atom is 0.338 e. The van der Waals surface area contributed by atoms with E-state index in [4.69, 9.17) is 15.6 Å². The number of halogens is 1. The van der Waals surface area contributed by atoms with Crippen LogP contribution in [0.2, 0.25) is 0 Å². The summed E-state index contributed by atoms with van der Waals surface area (Å²) in [6, 6.07) is 13.6. The Hall–Kier alpha value is -2.90. The van der Waals surface area contributed by atoms with E-state index in [0.29, 0.717) is 18.6 Å². The number of rotatable bonds is 7. The lowest BCUT2D eigenvalue weighted by Gasteiger charge is -2.24. The molecule has 0 unspecified atom stereocenters. The number of nitrogens with one attached hydrogen (secondary N) is 1. The molecule has 170 valence electrons. The van der Waals surface area contributed by atoms with Gasteiger partial charge in [-0.15, -0.1) is 12.4 Å². The largest absolute Gasteiger partial charge is 0.478 e. The summed E-state index contributed by atoms with van der Waals surface area (Å²) in [5.41, 5.74) is 7.62. The SMILES string of the molecule is CC(C)(N)c1ccc(C(=O)O)cc1.CCOC(=O)c1ccc(C(C)(C)NC=O)cc1.Cl. The topological polar surface area (TPSA) is 119 Å². The molecule has 2 rings (SSSR count). The van der Waals surface area contributed by atoms with Gasteiger partial charge < -0.3 is 20.9 Å². The van der Waals surface area contributed by atoms with Crippen molar-refractivity contribution in [2.24, 2.45) is 5.73 Å². The van der Waals surface area contributed by atoms with Crippen molar-refractivity contribution in [3.8, 4) is 0 Å². The molecule has 2 aromatic rings. The molecule has 0 saturated heterocycles. The molecule has 0 heterocycles. The number of benzene rings is 2. The van der Waals surface area contributed by atoms with Crippen molar-refractivity contribution in [1.82, 2.24) is 5.32 Å². The molecule has 0 aromatic heterocycles. The van der Waals surface area contributed by atoms with Crippen LogP contribution in [0.4, 0.5) is 0 Å². The standard InChI is InChI=1S/C13H17NO3.C10H13NO2.ClH/c1-4-17-12(16)10-5-7-11(8-6-10)13(2,3)14-9-15;1-10(2,11)8-5-3-7(4-6-8)9(12)13;/h5-9H,4H2,1-3H3,(H,14,15);3-6H,11H2,1-2H3,(H,12,13);1H. The lowest BCUT2D eigenvalue weighted by atomic mass is 9.94. The first kappa shape index (κ1) is 28.1. The Labute approximate surface area is 189 Å². The van der Waals surface area contributed by atoms with E-state index in [1.54, 1.807) is 43.3 Å². The average Bonchev–Trinajstić information content (AvgIpc) is 2.68. The maximum absolute atomic E-state index is 11.4. The number of carbonyl (C=O) groups excluding carboxylic acids is 2.